The summed E-state index contributed by atoms with van der Waals surface area (Å²) in [5.74, 6) is 2.24. The summed E-state index contributed by atoms with van der Waals surface area (Å²) >= 11 is 0. The lowest BCUT2D eigenvalue weighted by molar-refractivity contribution is 0.193. The molecule has 1 saturated heterocycles. The van der Waals surface area contributed by atoms with Crippen LogP contribution in [-0.4, -0.2) is 39.7 Å². The number of H-pyrrole nitrogens is 1. The van der Waals surface area contributed by atoms with Crippen molar-refractivity contribution in [3.63, 3.8) is 0 Å². The number of fused-ring (bicyclic) bond motifs is 1. The zero-order valence-electron chi connectivity index (χ0n) is 12.8. The number of nitrogens with one attached hydrogen (secondary N) is 2. The number of hydrogen-bond acceptors (Lipinski definition) is 5. The Morgan fingerprint density at radius 2 is 2.22 bits per heavy atom. The van der Waals surface area contributed by atoms with E-state index in [2.05, 4.69) is 25.3 Å². The molecule has 0 radical (unpaired) electrons. The van der Waals surface area contributed by atoms with E-state index in [4.69, 9.17) is 4.74 Å². The van der Waals surface area contributed by atoms with Crippen molar-refractivity contribution in [2.45, 2.75) is 18.8 Å². The fourth-order valence-electron chi connectivity index (χ4n) is 2.89. The van der Waals surface area contributed by atoms with Crippen LogP contribution >= 0.6 is 0 Å². The molecule has 1 aliphatic rings. The Kier molecular flexibility index (Phi) is 3.90. The number of nitrogens with zero attached hydrogens (tertiary/aromatic N) is 3. The average molecular weight is 309 g/mol. The Morgan fingerprint density at radius 3 is 3.09 bits per heavy atom. The van der Waals surface area contributed by atoms with Crippen molar-refractivity contribution < 1.29 is 4.74 Å². The third kappa shape index (κ3) is 3.17. The number of hydrogen-bond donors (Lipinski definition) is 2. The normalized spacial score (nSPS) is 17.7. The second-order valence-corrected chi connectivity index (χ2v) is 5.77. The third-order valence-corrected chi connectivity index (χ3v) is 4.14. The summed E-state index contributed by atoms with van der Waals surface area (Å²) < 4.78 is 5.43. The molecule has 1 fully saturated rings. The molecular formula is C17H19N5O. The summed E-state index contributed by atoms with van der Waals surface area (Å²) in [6, 6.07) is 10.1. The summed E-state index contributed by atoms with van der Waals surface area (Å²) in [5.41, 5.74) is 3.14. The Bertz CT molecular complexity index is 761. The van der Waals surface area contributed by atoms with Crippen LogP contribution in [0.15, 0.2) is 36.7 Å². The first-order chi connectivity index (χ1) is 11.4. The lowest BCUT2D eigenvalue weighted by Crippen LogP contribution is -2.09. The molecule has 2 aromatic heterocycles. The lowest BCUT2D eigenvalue weighted by Gasteiger charge is -2.09. The third-order valence-electron chi connectivity index (χ3n) is 4.14. The van der Waals surface area contributed by atoms with Gasteiger partial charge in [-0.05, 0) is 18.6 Å². The second-order valence-electron chi connectivity index (χ2n) is 5.77. The molecule has 1 aromatic carbocycles. The monoisotopic (exact) mass is 309 g/mol. The standard InChI is InChI=1S/C17H19N5O/c1-2-4-14-13(3-1)21-16(22-14)5-7-18-17-9-15(19-11-20-17)12-6-8-23-10-12/h1-4,9,11-12H,5-8,10H2,(H,21,22)(H,18,19,20)/t12-/m1/s1. The Hall–Kier alpha value is -2.47. The van der Waals surface area contributed by atoms with Gasteiger partial charge in [0.25, 0.3) is 0 Å². The van der Waals surface area contributed by atoms with Crippen molar-refractivity contribution in [2.75, 3.05) is 25.1 Å². The number of benzene rings is 1. The highest BCUT2D eigenvalue weighted by molar-refractivity contribution is 5.74. The van der Waals surface area contributed by atoms with Crippen LogP contribution in [0.25, 0.3) is 11.0 Å². The molecule has 2 N–H and O–H groups in total. The maximum Gasteiger partial charge on any atom is 0.129 e. The maximum absolute atomic E-state index is 5.43. The van der Waals surface area contributed by atoms with Gasteiger partial charge in [0.2, 0.25) is 0 Å². The highest BCUT2D eigenvalue weighted by Crippen LogP contribution is 2.24. The zero-order valence-corrected chi connectivity index (χ0v) is 12.8. The molecule has 6 heteroatoms. The fraction of sp³-hybridized carbons (Fsp3) is 0.353. The summed E-state index contributed by atoms with van der Waals surface area (Å²) in [5, 5.41) is 3.35. The molecular weight excluding hydrogens is 290 g/mol. The van der Waals surface area contributed by atoms with E-state index in [1.54, 1.807) is 6.33 Å². The predicted octanol–water partition coefficient (Wildman–Crippen LogP) is 2.51. The summed E-state index contributed by atoms with van der Waals surface area (Å²) in [4.78, 5) is 16.6. The number of imidazole rings is 1. The number of para-hydroxylation sites is 2. The highest BCUT2D eigenvalue weighted by atomic mass is 16.5. The summed E-state index contributed by atoms with van der Waals surface area (Å²) in [6.45, 7) is 2.36. The van der Waals surface area contributed by atoms with Gasteiger partial charge in [-0.25, -0.2) is 15.0 Å². The first-order valence-corrected chi connectivity index (χ1v) is 7.96. The van der Waals surface area contributed by atoms with Crippen LogP contribution in [0.5, 0.6) is 0 Å². The van der Waals surface area contributed by atoms with Crippen LogP contribution in [0.3, 0.4) is 0 Å². The maximum atomic E-state index is 5.43. The van der Waals surface area contributed by atoms with Crippen molar-refractivity contribution in [3.8, 4) is 0 Å². The molecule has 0 amide bonds. The van der Waals surface area contributed by atoms with Crippen LogP contribution < -0.4 is 5.32 Å². The molecule has 0 bridgehead atoms. The van der Waals surface area contributed by atoms with E-state index < -0.39 is 0 Å². The lowest BCUT2D eigenvalue weighted by atomic mass is 10.1. The minimum Gasteiger partial charge on any atom is -0.381 e. The molecule has 1 atom stereocenters. The van der Waals surface area contributed by atoms with Crippen molar-refractivity contribution >= 4 is 16.9 Å². The predicted molar refractivity (Wildman–Crippen MR) is 88.5 cm³/mol. The smallest absolute Gasteiger partial charge is 0.129 e. The van der Waals surface area contributed by atoms with E-state index >= 15 is 0 Å². The van der Waals surface area contributed by atoms with E-state index in [1.807, 2.05) is 30.3 Å². The van der Waals surface area contributed by atoms with Crippen LogP contribution in [0.1, 0.15) is 23.9 Å². The van der Waals surface area contributed by atoms with Gasteiger partial charge in [0.1, 0.15) is 18.0 Å². The molecule has 23 heavy (non-hydrogen) atoms. The molecule has 3 heterocycles. The topological polar surface area (TPSA) is 75.7 Å². The van der Waals surface area contributed by atoms with Gasteiger partial charge in [-0.3, -0.25) is 0 Å². The van der Waals surface area contributed by atoms with Gasteiger partial charge in [0, 0.05) is 31.6 Å². The highest BCUT2D eigenvalue weighted by Gasteiger charge is 2.19. The van der Waals surface area contributed by atoms with E-state index in [0.29, 0.717) is 5.92 Å². The fourth-order valence-corrected chi connectivity index (χ4v) is 2.89. The van der Waals surface area contributed by atoms with Crippen LogP contribution in [-0.2, 0) is 11.2 Å². The zero-order chi connectivity index (χ0) is 15.5. The van der Waals surface area contributed by atoms with E-state index in [0.717, 1.165) is 61.0 Å². The first kappa shape index (κ1) is 14.1. The number of aromatic nitrogens is 4. The minimum absolute atomic E-state index is 0.397. The average Bonchev–Trinajstić information content (AvgIpc) is 3.24. The summed E-state index contributed by atoms with van der Waals surface area (Å²) in [7, 11) is 0. The van der Waals surface area contributed by atoms with Gasteiger partial charge in [-0.1, -0.05) is 12.1 Å². The first-order valence-electron chi connectivity index (χ1n) is 7.96. The van der Waals surface area contributed by atoms with E-state index in [1.165, 1.54) is 0 Å². The van der Waals surface area contributed by atoms with Crippen molar-refractivity contribution in [3.05, 3.63) is 48.2 Å². The molecule has 0 spiro atoms. The molecule has 0 aliphatic carbocycles. The van der Waals surface area contributed by atoms with E-state index in [9.17, 15) is 0 Å². The van der Waals surface area contributed by atoms with Gasteiger partial charge < -0.3 is 15.0 Å². The second kappa shape index (κ2) is 6.34. The minimum atomic E-state index is 0.397. The Morgan fingerprint density at radius 1 is 1.26 bits per heavy atom. The molecule has 1 aliphatic heterocycles. The van der Waals surface area contributed by atoms with Gasteiger partial charge in [-0.15, -0.1) is 0 Å². The molecule has 4 rings (SSSR count). The number of aromatic amines is 1. The quantitative estimate of drug-likeness (QED) is 0.757. The van der Waals surface area contributed by atoms with Gasteiger partial charge in [0.05, 0.1) is 23.3 Å². The van der Waals surface area contributed by atoms with Crippen LogP contribution in [0, 0.1) is 0 Å². The number of ether oxygens (including phenoxy) is 1. The van der Waals surface area contributed by atoms with Crippen molar-refractivity contribution in [1.29, 1.82) is 0 Å². The van der Waals surface area contributed by atoms with Crippen LogP contribution in [0.4, 0.5) is 5.82 Å². The molecule has 3 aromatic rings. The molecule has 0 unspecified atom stereocenters. The SMILES string of the molecule is c1ccc2[nH]c(CCNc3cc([C@@H]4CCOC4)ncn3)nc2c1. The van der Waals surface area contributed by atoms with E-state index in [-0.39, 0.29) is 0 Å². The van der Waals surface area contributed by atoms with Crippen molar-refractivity contribution in [1.82, 2.24) is 19.9 Å². The Labute approximate surface area is 134 Å². The number of anilines is 1. The Balaban J connectivity index is 1.38. The molecule has 0 saturated carbocycles. The number of rotatable bonds is 5. The van der Waals surface area contributed by atoms with Crippen molar-refractivity contribution in [2.24, 2.45) is 0 Å². The molecule has 118 valence electrons. The largest absolute Gasteiger partial charge is 0.381 e. The molecule has 6 nitrogen and oxygen atoms in total. The van der Waals surface area contributed by atoms with Gasteiger partial charge in [0.15, 0.2) is 0 Å². The van der Waals surface area contributed by atoms with Crippen LogP contribution in [0.2, 0.25) is 0 Å². The summed E-state index contributed by atoms with van der Waals surface area (Å²) in [6.07, 6.45) is 3.48. The van der Waals surface area contributed by atoms with Gasteiger partial charge >= 0.3 is 0 Å². The van der Waals surface area contributed by atoms with Gasteiger partial charge in [-0.2, -0.15) is 0 Å².